The van der Waals surface area contributed by atoms with Crippen LogP contribution in [0.25, 0.3) is 32.9 Å². The second-order valence-electron chi connectivity index (χ2n) is 16.5. The SMILES string of the molecule is COC[C@@H]1CCN1C(=O)Oc1cc2c3c(c(F)ccc3c1)CCCOC(=O)N[C@]1(C)C[C@@H](F)CN(C1)c1nc(OC[C@@]34CCCN3C[C@H](F)C4)nc3c(F)c-2ncc13. The third-order valence-corrected chi connectivity index (χ3v) is 12.4. The summed E-state index contributed by atoms with van der Waals surface area (Å²) in [5, 5.41) is 3.72. The molecule has 0 aliphatic carbocycles. The Bertz CT molecular complexity index is 2290. The molecule has 308 valence electrons. The second-order valence-corrected chi connectivity index (χ2v) is 16.5. The van der Waals surface area contributed by atoms with Gasteiger partial charge in [0, 0.05) is 51.3 Å². The van der Waals surface area contributed by atoms with E-state index in [0.717, 1.165) is 19.4 Å². The van der Waals surface area contributed by atoms with E-state index >= 15 is 13.2 Å². The molecule has 6 aliphatic rings. The molecule has 10 rings (SSSR count). The van der Waals surface area contributed by atoms with Gasteiger partial charge in [-0.15, -0.1) is 0 Å². The standard InChI is InChI=1S/C41H45F4N7O6/c1-40-15-24(42)18-50(21-40)36-30-17-46-34(33(45)35(30)47-37(48-36)57-22-41-9-4-10-51(41)19-25(43)16-41)29-14-27(58-39(54)52-11-8-26(52)20-55-2)13-23-6-7-31(44)28(32(23)29)5-3-12-56-38(53)49-40/h6-7,13-14,17,24-26H,3-5,8-12,15-16,18-22H2,1-2H3,(H,49,53)/t24-,25-,26+,40-,41+/m1/s1. The van der Waals surface area contributed by atoms with Gasteiger partial charge in [0.1, 0.15) is 47.5 Å². The van der Waals surface area contributed by atoms with Crippen molar-refractivity contribution in [2.75, 3.05) is 64.6 Å². The van der Waals surface area contributed by atoms with Crippen LogP contribution in [0.2, 0.25) is 0 Å². The topological polar surface area (TPSA) is 131 Å². The van der Waals surface area contributed by atoms with Gasteiger partial charge in [-0.25, -0.2) is 27.2 Å². The highest BCUT2D eigenvalue weighted by molar-refractivity contribution is 6.02. The molecule has 4 aromatic rings. The van der Waals surface area contributed by atoms with E-state index in [1.165, 1.54) is 29.3 Å². The zero-order chi connectivity index (χ0) is 40.3. The molecule has 4 fully saturated rings. The predicted molar refractivity (Wildman–Crippen MR) is 205 cm³/mol. The first kappa shape index (κ1) is 38.5. The van der Waals surface area contributed by atoms with Gasteiger partial charge >= 0.3 is 18.2 Å². The number of hydrogen-bond acceptors (Lipinski definition) is 11. The lowest BCUT2D eigenvalue weighted by molar-refractivity contribution is 0.0322. The fourth-order valence-corrected chi connectivity index (χ4v) is 9.64. The summed E-state index contributed by atoms with van der Waals surface area (Å²) < 4.78 is 86.6. The number of aryl methyl sites for hydroxylation is 1. The maximum absolute atomic E-state index is 17.5. The third kappa shape index (κ3) is 6.99. The van der Waals surface area contributed by atoms with Crippen LogP contribution in [0.1, 0.15) is 51.0 Å². The van der Waals surface area contributed by atoms with E-state index in [1.54, 1.807) is 25.0 Å². The lowest BCUT2D eigenvalue weighted by Gasteiger charge is -2.42. The van der Waals surface area contributed by atoms with Crippen molar-refractivity contribution in [3.8, 4) is 23.0 Å². The number of nitrogens with zero attached hydrogens (tertiary/aromatic N) is 6. The van der Waals surface area contributed by atoms with Crippen LogP contribution in [0.4, 0.5) is 33.0 Å². The Balaban J connectivity index is 1.21. The number of pyridine rings is 1. The maximum atomic E-state index is 17.5. The molecule has 6 aliphatic heterocycles. The number of carbonyl (C=O) groups excluding carboxylic acids is 2. The van der Waals surface area contributed by atoms with E-state index in [1.807, 2.05) is 0 Å². The number of ether oxygens (including phenoxy) is 4. The number of likely N-dealkylation sites (tertiary alicyclic amines) is 1. The maximum Gasteiger partial charge on any atom is 0.415 e. The molecule has 0 radical (unpaired) electrons. The van der Waals surface area contributed by atoms with Crippen molar-refractivity contribution in [3.05, 3.63) is 47.7 Å². The fraction of sp³-hybridized carbons (Fsp3) is 0.537. The van der Waals surface area contributed by atoms with Gasteiger partial charge in [-0.2, -0.15) is 9.97 Å². The molecule has 0 unspecified atom stereocenters. The van der Waals surface area contributed by atoms with Gasteiger partial charge in [0.15, 0.2) is 5.82 Å². The quantitative estimate of drug-likeness (QED) is 0.221. The molecule has 13 nitrogen and oxygen atoms in total. The summed E-state index contributed by atoms with van der Waals surface area (Å²) in [6.45, 7) is 3.44. The van der Waals surface area contributed by atoms with E-state index in [2.05, 4.69) is 20.2 Å². The molecular weight excluding hydrogens is 762 g/mol. The van der Waals surface area contributed by atoms with Crippen molar-refractivity contribution in [1.82, 2.24) is 30.1 Å². The lowest BCUT2D eigenvalue weighted by Crippen LogP contribution is -2.60. The van der Waals surface area contributed by atoms with E-state index in [-0.39, 0.29) is 103 Å². The number of benzene rings is 2. The lowest BCUT2D eigenvalue weighted by atomic mass is 9.90. The summed E-state index contributed by atoms with van der Waals surface area (Å²) in [7, 11) is 1.55. The molecule has 2 aromatic heterocycles. The van der Waals surface area contributed by atoms with E-state index < -0.39 is 47.2 Å². The van der Waals surface area contributed by atoms with E-state index in [0.29, 0.717) is 36.9 Å². The van der Waals surface area contributed by atoms with Crippen LogP contribution in [0, 0.1) is 11.6 Å². The highest BCUT2D eigenvalue weighted by atomic mass is 19.1. The van der Waals surface area contributed by atoms with Gasteiger partial charge in [0.25, 0.3) is 0 Å². The van der Waals surface area contributed by atoms with Crippen molar-refractivity contribution in [1.29, 1.82) is 0 Å². The van der Waals surface area contributed by atoms with Crippen LogP contribution >= 0.6 is 0 Å². The molecule has 4 saturated heterocycles. The summed E-state index contributed by atoms with van der Waals surface area (Å²) in [6.07, 6.45) is 0.453. The van der Waals surface area contributed by atoms with E-state index in [4.69, 9.17) is 23.9 Å². The van der Waals surface area contributed by atoms with Crippen LogP contribution in [0.5, 0.6) is 11.8 Å². The number of aromatic nitrogens is 3. The number of rotatable bonds is 6. The number of alkyl carbamates (subject to hydrolysis) is 1. The van der Waals surface area contributed by atoms with Crippen molar-refractivity contribution < 1.29 is 46.1 Å². The summed E-state index contributed by atoms with van der Waals surface area (Å²) >= 11 is 0. The van der Waals surface area contributed by atoms with Crippen LogP contribution in [-0.2, 0) is 15.9 Å². The molecule has 58 heavy (non-hydrogen) atoms. The average molecular weight is 808 g/mol. The molecule has 8 heterocycles. The summed E-state index contributed by atoms with van der Waals surface area (Å²) in [6, 6.07) is 5.48. The highest BCUT2D eigenvalue weighted by Crippen LogP contribution is 2.43. The Kier molecular flexibility index (Phi) is 9.93. The summed E-state index contributed by atoms with van der Waals surface area (Å²) in [5.41, 5.74) is -1.76. The molecular formula is C41H45F4N7O6. The second kappa shape index (κ2) is 15.0. The van der Waals surface area contributed by atoms with Crippen molar-refractivity contribution in [3.63, 3.8) is 0 Å². The normalized spacial score (nSPS) is 27.3. The first-order valence-electron chi connectivity index (χ1n) is 19.9. The monoisotopic (exact) mass is 807 g/mol. The minimum absolute atomic E-state index is 0.0231. The first-order chi connectivity index (χ1) is 27.9. The Morgan fingerprint density at radius 3 is 2.74 bits per heavy atom. The third-order valence-electron chi connectivity index (χ3n) is 12.4. The highest BCUT2D eigenvalue weighted by Gasteiger charge is 2.49. The number of nitrogens with one attached hydrogen (secondary N) is 1. The van der Waals surface area contributed by atoms with Gasteiger partial charge in [0.05, 0.1) is 42.3 Å². The smallest absolute Gasteiger partial charge is 0.415 e. The molecule has 2 aromatic carbocycles. The number of alkyl halides is 2. The molecule has 6 bridgehead atoms. The van der Waals surface area contributed by atoms with Crippen molar-refractivity contribution >= 4 is 39.7 Å². The molecule has 0 saturated carbocycles. The Morgan fingerprint density at radius 2 is 1.93 bits per heavy atom. The Labute approximate surface area is 332 Å². The van der Waals surface area contributed by atoms with Crippen LogP contribution < -0.4 is 19.7 Å². The zero-order valence-electron chi connectivity index (χ0n) is 32.4. The molecule has 5 atom stereocenters. The Hall–Kier alpha value is -5.03. The fourth-order valence-electron chi connectivity index (χ4n) is 9.64. The number of fused-ring (bicyclic) bond motifs is 7. The van der Waals surface area contributed by atoms with Gasteiger partial charge in [0.2, 0.25) is 0 Å². The first-order valence-corrected chi connectivity index (χ1v) is 19.9. The van der Waals surface area contributed by atoms with Crippen molar-refractivity contribution in [2.45, 2.75) is 81.3 Å². The number of hydrogen-bond donors (Lipinski definition) is 1. The number of carbonyl (C=O) groups is 2. The number of piperidine rings is 1. The average Bonchev–Trinajstić information content (AvgIpc) is 3.69. The largest absolute Gasteiger partial charge is 0.461 e. The van der Waals surface area contributed by atoms with Crippen molar-refractivity contribution in [2.24, 2.45) is 0 Å². The van der Waals surface area contributed by atoms with Gasteiger partial charge < -0.3 is 34.1 Å². The van der Waals surface area contributed by atoms with Crippen LogP contribution in [-0.4, -0.2) is 126 Å². The zero-order valence-corrected chi connectivity index (χ0v) is 32.4. The van der Waals surface area contributed by atoms with Crippen LogP contribution in [0.15, 0.2) is 30.5 Å². The van der Waals surface area contributed by atoms with Gasteiger partial charge in [-0.05, 0) is 80.1 Å². The number of halogens is 4. The number of methoxy groups -OCH3 is 1. The number of anilines is 1. The van der Waals surface area contributed by atoms with Gasteiger partial charge in [-0.1, -0.05) is 6.07 Å². The minimum atomic E-state index is -1.42. The van der Waals surface area contributed by atoms with Gasteiger partial charge in [-0.3, -0.25) is 9.88 Å². The summed E-state index contributed by atoms with van der Waals surface area (Å²) in [4.78, 5) is 45.5. The predicted octanol–water partition coefficient (Wildman–Crippen LogP) is 6.28. The summed E-state index contributed by atoms with van der Waals surface area (Å²) in [5.74, 6) is -1.26. The van der Waals surface area contributed by atoms with Crippen LogP contribution in [0.3, 0.4) is 0 Å². The molecule has 0 spiro atoms. The molecule has 2 amide bonds. The minimum Gasteiger partial charge on any atom is -0.461 e. The Morgan fingerprint density at radius 1 is 1.09 bits per heavy atom. The molecule has 1 N–H and O–H groups in total. The number of amides is 2. The molecule has 17 heteroatoms. The van der Waals surface area contributed by atoms with E-state index in [9.17, 15) is 14.0 Å².